The normalized spacial score (nSPS) is 18.0. The lowest BCUT2D eigenvalue weighted by Crippen LogP contribution is -2.19. The van der Waals surface area contributed by atoms with Gasteiger partial charge in [-0.25, -0.2) is 13.6 Å². The molecule has 1 amide bonds. The number of benzene rings is 1. The third-order valence-corrected chi connectivity index (χ3v) is 3.35. The van der Waals surface area contributed by atoms with E-state index in [2.05, 4.69) is 10.4 Å². The van der Waals surface area contributed by atoms with Gasteiger partial charge in [-0.3, -0.25) is 9.48 Å². The van der Waals surface area contributed by atoms with Gasteiger partial charge in [0.25, 0.3) is 5.92 Å². The van der Waals surface area contributed by atoms with E-state index < -0.39 is 23.9 Å². The molecule has 24 heavy (non-hydrogen) atoms. The van der Waals surface area contributed by atoms with Crippen LogP contribution in [0.3, 0.4) is 0 Å². The van der Waals surface area contributed by atoms with Crippen molar-refractivity contribution in [2.24, 2.45) is 0 Å². The van der Waals surface area contributed by atoms with E-state index in [9.17, 15) is 18.4 Å². The van der Waals surface area contributed by atoms with Crippen LogP contribution in [0.25, 0.3) is 0 Å². The molecule has 2 aromatic rings. The van der Waals surface area contributed by atoms with E-state index in [1.165, 1.54) is 41.2 Å². The van der Waals surface area contributed by atoms with Crippen molar-refractivity contribution in [2.45, 2.75) is 25.0 Å². The van der Waals surface area contributed by atoms with Crippen molar-refractivity contribution in [1.29, 1.82) is 0 Å². The Balaban J connectivity index is 1.53. The molecule has 1 unspecified atom stereocenters. The summed E-state index contributed by atoms with van der Waals surface area (Å²) in [5, 5.41) is 15.1. The minimum absolute atomic E-state index is 0.152. The molecule has 9 heteroatoms. The summed E-state index contributed by atoms with van der Waals surface area (Å²) in [6, 6.07) is 7.31. The third-order valence-electron chi connectivity index (χ3n) is 3.35. The zero-order valence-corrected chi connectivity index (χ0v) is 12.3. The largest absolute Gasteiger partial charge is 0.484 e. The Bertz CT molecular complexity index is 773. The number of carbonyl (C=O) groups is 2. The molecule has 1 saturated carbocycles. The van der Waals surface area contributed by atoms with Crippen LogP contribution in [0.2, 0.25) is 0 Å². The SMILES string of the molecule is O=C(Cn1ccc(C(=O)O)n1)Nc1ccc(OC2CC2(F)F)cc1. The summed E-state index contributed by atoms with van der Waals surface area (Å²) >= 11 is 0. The van der Waals surface area contributed by atoms with Gasteiger partial charge in [-0.1, -0.05) is 0 Å². The van der Waals surface area contributed by atoms with Crippen molar-refractivity contribution in [3.63, 3.8) is 0 Å². The van der Waals surface area contributed by atoms with Gasteiger partial charge in [0.2, 0.25) is 5.91 Å². The molecule has 0 spiro atoms. The highest BCUT2D eigenvalue weighted by molar-refractivity contribution is 5.90. The first-order valence-corrected chi connectivity index (χ1v) is 7.05. The third kappa shape index (κ3) is 3.67. The number of anilines is 1. The molecule has 1 aromatic carbocycles. The van der Waals surface area contributed by atoms with E-state index in [1.54, 1.807) is 0 Å². The fourth-order valence-electron chi connectivity index (χ4n) is 2.01. The fourth-order valence-corrected chi connectivity index (χ4v) is 2.01. The lowest BCUT2D eigenvalue weighted by molar-refractivity contribution is -0.116. The van der Waals surface area contributed by atoms with Crippen molar-refractivity contribution in [2.75, 3.05) is 5.32 Å². The first-order valence-electron chi connectivity index (χ1n) is 7.05. The van der Waals surface area contributed by atoms with E-state index in [-0.39, 0.29) is 18.7 Å². The van der Waals surface area contributed by atoms with Crippen LogP contribution in [0.15, 0.2) is 36.5 Å². The number of alkyl halides is 2. The number of hydrogen-bond acceptors (Lipinski definition) is 4. The Labute approximate surface area is 134 Å². The van der Waals surface area contributed by atoms with Crippen molar-refractivity contribution >= 4 is 17.6 Å². The zero-order valence-electron chi connectivity index (χ0n) is 12.3. The summed E-state index contributed by atoms with van der Waals surface area (Å²) in [6.45, 7) is -0.153. The van der Waals surface area contributed by atoms with E-state index >= 15 is 0 Å². The quantitative estimate of drug-likeness (QED) is 0.841. The molecule has 1 heterocycles. The first kappa shape index (κ1) is 15.9. The van der Waals surface area contributed by atoms with Crippen LogP contribution in [0.1, 0.15) is 16.9 Å². The maximum absolute atomic E-state index is 12.8. The molecule has 0 aliphatic heterocycles. The Morgan fingerprint density at radius 3 is 2.54 bits per heavy atom. The predicted octanol–water partition coefficient (Wildman–Crippen LogP) is 2.01. The van der Waals surface area contributed by atoms with Crippen molar-refractivity contribution in [3.8, 4) is 5.75 Å². The average molecular weight is 337 g/mol. The summed E-state index contributed by atoms with van der Waals surface area (Å²) in [6.07, 6.45) is 0.0184. The second kappa shape index (κ2) is 5.91. The van der Waals surface area contributed by atoms with Gasteiger partial charge < -0.3 is 15.2 Å². The Morgan fingerprint density at radius 2 is 2.00 bits per heavy atom. The molecule has 0 radical (unpaired) electrons. The van der Waals surface area contributed by atoms with Gasteiger partial charge in [0.1, 0.15) is 12.3 Å². The van der Waals surface area contributed by atoms with E-state index in [4.69, 9.17) is 9.84 Å². The van der Waals surface area contributed by atoms with Gasteiger partial charge in [-0.15, -0.1) is 0 Å². The molecule has 0 saturated heterocycles. The van der Waals surface area contributed by atoms with E-state index in [1.807, 2.05) is 0 Å². The first-order chi connectivity index (χ1) is 11.3. The van der Waals surface area contributed by atoms with E-state index in [0.29, 0.717) is 11.4 Å². The second-order valence-electron chi connectivity index (χ2n) is 5.35. The summed E-state index contributed by atoms with van der Waals surface area (Å²) in [5.41, 5.74) is 0.307. The molecule has 1 fully saturated rings. The summed E-state index contributed by atoms with van der Waals surface area (Å²) < 4.78 is 31.8. The Kier molecular flexibility index (Phi) is 3.92. The van der Waals surface area contributed by atoms with Gasteiger partial charge >= 0.3 is 5.97 Å². The Hall–Kier alpha value is -2.97. The molecule has 0 bridgehead atoms. The fraction of sp³-hybridized carbons (Fsp3) is 0.267. The number of aromatic carboxylic acids is 1. The van der Waals surface area contributed by atoms with Crippen LogP contribution in [0, 0.1) is 0 Å². The van der Waals surface area contributed by atoms with Gasteiger partial charge in [-0.05, 0) is 30.3 Å². The van der Waals surface area contributed by atoms with Crippen LogP contribution in [-0.2, 0) is 11.3 Å². The maximum Gasteiger partial charge on any atom is 0.356 e. The Morgan fingerprint density at radius 1 is 1.33 bits per heavy atom. The average Bonchev–Trinajstić information content (AvgIpc) is 2.91. The molecule has 2 N–H and O–H groups in total. The monoisotopic (exact) mass is 337 g/mol. The number of rotatable bonds is 6. The number of nitrogens with one attached hydrogen (secondary N) is 1. The number of nitrogens with zero attached hydrogens (tertiary/aromatic N) is 2. The maximum atomic E-state index is 12.8. The lowest BCUT2D eigenvalue weighted by atomic mass is 10.3. The topological polar surface area (TPSA) is 93.5 Å². The van der Waals surface area contributed by atoms with Crippen LogP contribution in [0.5, 0.6) is 5.75 Å². The molecule has 7 nitrogen and oxygen atoms in total. The molecule has 126 valence electrons. The van der Waals surface area contributed by atoms with Crippen LogP contribution >= 0.6 is 0 Å². The minimum atomic E-state index is -2.76. The molecule has 1 aliphatic rings. The van der Waals surface area contributed by atoms with Crippen LogP contribution in [0.4, 0.5) is 14.5 Å². The minimum Gasteiger partial charge on any atom is -0.484 e. The van der Waals surface area contributed by atoms with Gasteiger partial charge in [-0.2, -0.15) is 5.10 Å². The smallest absolute Gasteiger partial charge is 0.356 e. The number of carboxylic acid groups (broad SMARTS) is 1. The number of halogens is 2. The summed E-state index contributed by atoms with van der Waals surface area (Å²) in [5.74, 6) is -4.04. The molecule has 1 aliphatic carbocycles. The molecule has 3 rings (SSSR count). The molecular formula is C15H13F2N3O4. The van der Waals surface area contributed by atoms with Gasteiger partial charge in [0, 0.05) is 11.9 Å². The number of amides is 1. The van der Waals surface area contributed by atoms with E-state index in [0.717, 1.165) is 0 Å². The second-order valence-corrected chi connectivity index (χ2v) is 5.35. The summed E-state index contributed by atoms with van der Waals surface area (Å²) in [4.78, 5) is 22.6. The zero-order chi connectivity index (χ0) is 17.3. The van der Waals surface area contributed by atoms with Crippen molar-refractivity contribution < 1.29 is 28.2 Å². The predicted molar refractivity (Wildman–Crippen MR) is 78.2 cm³/mol. The number of hydrogen-bond donors (Lipinski definition) is 2. The highest BCUT2D eigenvalue weighted by atomic mass is 19.3. The van der Waals surface area contributed by atoms with Gasteiger partial charge in [0.15, 0.2) is 11.8 Å². The summed E-state index contributed by atoms with van der Waals surface area (Å²) in [7, 11) is 0. The standard InChI is InChI=1S/C15H13F2N3O4/c16-15(17)7-12(15)24-10-3-1-9(2-4-10)18-13(21)8-20-6-5-11(19-20)14(22)23/h1-6,12H,7-8H2,(H,18,21)(H,22,23). The highest BCUT2D eigenvalue weighted by Gasteiger charge is 2.59. The van der Waals surface area contributed by atoms with Crippen LogP contribution < -0.4 is 10.1 Å². The van der Waals surface area contributed by atoms with Crippen LogP contribution in [-0.4, -0.2) is 38.8 Å². The molecular weight excluding hydrogens is 324 g/mol. The number of aromatic nitrogens is 2. The number of carbonyl (C=O) groups excluding carboxylic acids is 1. The lowest BCUT2D eigenvalue weighted by Gasteiger charge is -2.08. The number of ether oxygens (including phenoxy) is 1. The molecule has 1 aromatic heterocycles. The van der Waals surface area contributed by atoms with Crippen molar-refractivity contribution in [1.82, 2.24) is 9.78 Å². The number of carboxylic acids is 1. The highest BCUT2D eigenvalue weighted by Crippen LogP contribution is 2.44. The van der Waals surface area contributed by atoms with Gasteiger partial charge in [0.05, 0.1) is 6.42 Å². The van der Waals surface area contributed by atoms with Crippen molar-refractivity contribution in [3.05, 3.63) is 42.2 Å². The molecule has 1 atom stereocenters.